The first kappa shape index (κ1) is 13.2. The summed E-state index contributed by atoms with van der Waals surface area (Å²) in [6.45, 7) is 0.478. The zero-order valence-electron chi connectivity index (χ0n) is 9.39. The molecule has 1 atom stereocenters. The van der Waals surface area contributed by atoms with E-state index >= 15 is 0 Å². The van der Waals surface area contributed by atoms with Crippen molar-refractivity contribution in [3.05, 3.63) is 24.2 Å². The van der Waals surface area contributed by atoms with Crippen LogP contribution in [0, 0.1) is 0 Å². The van der Waals surface area contributed by atoms with Gasteiger partial charge in [-0.2, -0.15) is 0 Å². The predicted molar refractivity (Wildman–Crippen MR) is 60.5 cm³/mol. The van der Waals surface area contributed by atoms with Crippen molar-refractivity contribution in [3.8, 4) is 0 Å². The van der Waals surface area contributed by atoms with E-state index in [4.69, 9.17) is 15.3 Å². The molecule has 0 spiro atoms. The first-order valence-corrected chi connectivity index (χ1v) is 5.41. The van der Waals surface area contributed by atoms with Gasteiger partial charge in [-0.25, -0.2) is 0 Å². The number of carbonyl (C=O) groups excluding carboxylic acids is 1. The van der Waals surface area contributed by atoms with Crippen molar-refractivity contribution < 1.29 is 19.1 Å². The standard InChI is InChI=1S/C11H16N2O4/c12-8(11(15)16)4-1-2-6-13-10(14)9-5-3-7-17-9/h3,5,7-8H,1-2,4,6,12H2,(H,13,14)(H,15,16)/t8-/m0/s1. The summed E-state index contributed by atoms with van der Waals surface area (Å²) in [6, 6.07) is 2.40. The number of amides is 1. The molecule has 1 rings (SSSR count). The van der Waals surface area contributed by atoms with Crippen molar-refractivity contribution in [1.29, 1.82) is 0 Å². The van der Waals surface area contributed by atoms with Crippen molar-refractivity contribution in [2.75, 3.05) is 6.54 Å². The van der Waals surface area contributed by atoms with Crippen molar-refractivity contribution in [1.82, 2.24) is 5.32 Å². The molecule has 0 saturated heterocycles. The van der Waals surface area contributed by atoms with E-state index < -0.39 is 12.0 Å². The molecular formula is C11H16N2O4. The Morgan fingerprint density at radius 2 is 2.24 bits per heavy atom. The third-order valence-electron chi connectivity index (χ3n) is 2.29. The molecule has 0 aromatic carbocycles. The molecule has 6 nitrogen and oxygen atoms in total. The molecule has 0 aliphatic rings. The summed E-state index contributed by atoms with van der Waals surface area (Å²) < 4.78 is 4.91. The van der Waals surface area contributed by atoms with E-state index in [-0.39, 0.29) is 11.7 Å². The molecule has 1 aromatic heterocycles. The summed E-state index contributed by atoms with van der Waals surface area (Å²) in [5, 5.41) is 11.2. The van der Waals surface area contributed by atoms with E-state index in [0.717, 1.165) is 0 Å². The van der Waals surface area contributed by atoms with Crippen LogP contribution in [-0.4, -0.2) is 29.6 Å². The maximum atomic E-state index is 11.4. The SMILES string of the molecule is N[C@@H](CCCCNC(=O)c1ccco1)C(=O)O. The van der Waals surface area contributed by atoms with Gasteiger partial charge in [-0.15, -0.1) is 0 Å². The fourth-order valence-corrected chi connectivity index (χ4v) is 1.31. The number of carboxylic acids is 1. The first-order chi connectivity index (χ1) is 8.11. The molecule has 6 heteroatoms. The average molecular weight is 240 g/mol. The molecule has 94 valence electrons. The van der Waals surface area contributed by atoms with Gasteiger partial charge >= 0.3 is 5.97 Å². The van der Waals surface area contributed by atoms with E-state index in [2.05, 4.69) is 5.32 Å². The lowest BCUT2D eigenvalue weighted by Crippen LogP contribution is -2.30. The third kappa shape index (κ3) is 4.69. The van der Waals surface area contributed by atoms with Gasteiger partial charge in [0.15, 0.2) is 5.76 Å². The van der Waals surface area contributed by atoms with E-state index in [1.165, 1.54) is 6.26 Å². The minimum atomic E-state index is -0.996. The van der Waals surface area contributed by atoms with E-state index in [0.29, 0.717) is 25.8 Å². The van der Waals surface area contributed by atoms with Crippen LogP contribution in [0.15, 0.2) is 22.8 Å². The molecule has 0 bridgehead atoms. The topological polar surface area (TPSA) is 106 Å². The van der Waals surface area contributed by atoms with Crippen LogP contribution in [0.3, 0.4) is 0 Å². The lowest BCUT2D eigenvalue weighted by molar-refractivity contribution is -0.138. The fraction of sp³-hybridized carbons (Fsp3) is 0.455. The Morgan fingerprint density at radius 1 is 1.47 bits per heavy atom. The minimum Gasteiger partial charge on any atom is -0.480 e. The van der Waals surface area contributed by atoms with Gasteiger partial charge in [0.25, 0.3) is 5.91 Å². The van der Waals surface area contributed by atoms with Crippen LogP contribution in [-0.2, 0) is 4.79 Å². The number of furan rings is 1. The molecule has 17 heavy (non-hydrogen) atoms. The van der Waals surface area contributed by atoms with Crippen LogP contribution in [0.2, 0.25) is 0 Å². The number of nitrogens with one attached hydrogen (secondary N) is 1. The highest BCUT2D eigenvalue weighted by Crippen LogP contribution is 2.01. The number of rotatable bonds is 7. The van der Waals surface area contributed by atoms with E-state index in [1.54, 1.807) is 12.1 Å². The van der Waals surface area contributed by atoms with Gasteiger partial charge in [0.05, 0.1) is 6.26 Å². The van der Waals surface area contributed by atoms with Crippen LogP contribution in [0.5, 0.6) is 0 Å². The number of carboxylic acid groups (broad SMARTS) is 1. The second-order valence-electron chi connectivity index (χ2n) is 3.67. The first-order valence-electron chi connectivity index (χ1n) is 5.41. The monoisotopic (exact) mass is 240 g/mol. The molecule has 4 N–H and O–H groups in total. The summed E-state index contributed by atoms with van der Waals surface area (Å²) in [5.41, 5.74) is 5.33. The van der Waals surface area contributed by atoms with Crippen molar-refractivity contribution in [2.24, 2.45) is 5.73 Å². The van der Waals surface area contributed by atoms with Crippen LogP contribution in [0.25, 0.3) is 0 Å². The van der Waals surface area contributed by atoms with E-state index in [9.17, 15) is 9.59 Å². The van der Waals surface area contributed by atoms with Gasteiger partial charge in [0.2, 0.25) is 0 Å². The van der Waals surface area contributed by atoms with E-state index in [1.807, 2.05) is 0 Å². The molecule has 0 radical (unpaired) electrons. The average Bonchev–Trinajstić information content (AvgIpc) is 2.81. The predicted octanol–water partition coefficient (Wildman–Crippen LogP) is 0.592. The molecule has 0 fully saturated rings. The van der Waals surface area contributed by atoms with Crippen LogP contribution in [0.4, 0.5) is 0 Å². The van der Waals surface area contributed by atoms with Gasteiger partial charge in [-0.3, -0.25) is 9.59 Å². The summed E-state index contributed by atoms with van der Waals surface area (Å²) in [6.07, 6.45) is 3.19. The van der Waals surface area contributed by atoms with Gasteiger partial charge in [0.1, 0.15) is 6.04 Å². The van der Waals surface area contributed by atoms with Gasteiger partial charge in [-0.05, 0) is 31.4 Å². The van der Waals surface area contributed by atoms with Crippen LogP contribution >= 0.6 is 0 Å². The number of unbranched alkanes of at least 4 members (excludes halogenated alkanes) is 1. The highest BCUT2D eigenvalue weighted by atomic mass is 16.4. The maximum Gasteiger partial charge on any atom is 0.320 e. The quantitative estimate of drug-likeness (QED) is 0.605. The second-order valence-corrected chi connectivity index (χ2v) is 3.67. The Bertz CT molecular complexity index is 362. The normalized spacial score (nSPS) is 12.1. The lowest BCUT2D eigenvalue weighted by Gasteiger charge is -2.06. The number of nitrogens with two attached hydrogens (primary N) is 1. The minimum absolute atomic E-state index is 0.266. The second kappa shape index (κ2) is 6.70. The highest BCUT2D eigenvalue weighted by Gasteiger charge is 2.10. The molecule has 0 aliphatic heterocycles. The molecule has 0 saturated carbocycles. The highest BCUT2D eigenvalue weighted by molar-refractivity contribution is 5.91. The number of carbonyl (C=O) groups is 2. The summed E-state index contributed by atoms with van der Waals surface area (Å²) in [5.74, 6) is -0.991. The summed E-state index contributed by atoms with van der Waals surface area (Å²) >= 11 is 0. The number of hydrogen-bond donors (Lipinski definition) is 3. The van der Waals surface area contributed by atoms with Crippen molar-refractivity contribution in [2.45, 2.75) is 25.3 Å². The van der Waals surface area contributed by atoms with Crippen LogP contribution < -0.4 is 11.1 Å². The molecule has 0 unspecified atom stereocenters. The molecule has 1 aromatic rings. The zero-order valence-corrected chi connectivity index (χ0v) is 9.39. The third-order valence-corrected chi connectivity index (χ3v) is 2.29. The molecule has 1 heterocycles. The number of hydrogen-bond acceptors (Lipinski definition) is 4. The molecular weight excluding hydrogens is 224 g/mol. The Hall–Kier alpha value is -1.82. The van der Waals surface area contributed by atoms with Crippen molar-refractivity contribution >= 4 is 11.9 Å². The smallest absolute Gasteiger partial charge is 0.320 e. The summed E-state index contributed by atoms with van der Waals surface area (Å²) in [4.78, 5) is 21.8. The van der Waals surface area contributed by atoms with Gasteiger partial charge in [-0.1, -0.05) is 0 Å². The molecule has 0 aliphatic carbocycles. The Labute approximate surface area is 98.8 Å². The molecule has 1 amide bonds. The van der Waals surface area contributed by atoms with Gasteiger partial charge in [0, 0.05) is 6.54 Å². The zero-order chi connectivity index (χ0) is 12.7. The lowest BCUT2D eigenvalue weighted by atomic mass is 10.1. The van der Waals surface area contributed by atoms with Gasteiger partial charge < -0.3 is 20.6 Å². The Morgan fingerprint density at radius 3 is 2.82 bits per heavy atom. The number of aliphatic carboxylic acids is 1. The van der Waals surface area contributed by atoms with Crippen LogP contribution in [0.1, 0.15) is 29.8 Å². The largest absolute Gasteiger partial charge is 0.480 e. The fourth-order valence-electron chi connectivity index (χ4n) is 1.31. The Balaban J connectivity index is 2.09. The summed E-state index contributed by atoms with van der Waals surface area (Å²) in [7, 11) is 0. The van der Waals surface area contributed by atoms with Crippen molar-refractivity contribution in [3.63, 3.8) is 0 Å². The Kier molecular flexibility index (Phi) is 5.22. The maximum absolute atomic E-state index is 11.4.